The second kappa shape index (κ2) is 6.12. The van der Waals surface area contributed by atoms with E-state index in [0.717, 1.165) is 29.4 Å². The zero-order valence-corrected chi connectivity index (χ0v) is 13.4. The molecular formula is C17H23N3O. The molecule has 0 bridgehead atoms. The number of aryl methyl sites for hydroxylation is 2. The van der Waals surface area contributed by atoms with Crippen LogP contribution in [0.4, 0.5) is 5.82 Å². The smallest absolute Gasteiger partial charge is 0.221 e. The Kier molecular flexibility index (Phi) is 4.46. The molecule has 2 aromatic rings. The monoisotopic (exact) mass is 285 g/mol. The Morgan fingerprint density at radius 1 is 1.10 bits per heavy atom. The summed E-state index contributed by atoms with van der Waals surface area (Å²) in [6.07, 6.45) is 0.830. The highest BCUT2D eigenvalue weighted by molar-refractivity contribution is 5.41. The first-order chi connectivity index (χ1) is 9.87. The minimum Gasteiger partial charge on any atom is -0.437 e. The quantitative estimate of drug-likeness (QED) is 0.907. The summed E-state index contributed by atoms with van der Waals surface area (Å²) >= 11 is 0. The van der Waals surface area contributed by atoms with Crippen molar-refractivity contribution in [2.45, 2.75) is 46.6 Å². The predicted octanol–water partition coefficient (Wildman–Crippen LogP) is 4.35. The molecule has 0 aliphatic carbocycles. The lowest BCUT2D eigenvalue weighted by atomic mass is 10.1. The number of ether oxygens (including phenoxy) is 1. The van der Waals surface area contributed by atoms with Crippen LogP contribution in [0.3, 0.4) is 0 Å². The van der Waals surface area contributed by atoms with E-state index in [4.69, 9.17) is 4.74 Å². The summed E-state index contributed by atoms with van der Waals surface area (Å²) in [4.78, 5) is 8.99. The average molecular weight is 285 g/mol. The first kappa shape index (κ1) is 15.3. The van der Waals surface area contributed by atoms with E-state index in [1.54, 1.807) is 0 Å². The van der Waals surface area contributed by atoms with Gasteiger partial charge in [-0.1, -0.05) is 13.0 Å². The van der Waals surface area contributed by atoms with E-state index in [1.807, 2.05) is 37.3 Å². The fourth-order valence-corrected chi connectivity index (χ4v) is 1.98. The predicted molar refractivity (Wildman–Crippen MR) is 86.0 cm³/mol. The van der Waals surface area contributed by atoms with Gasteiger partial charge < -0.3 is 10.1 Å². The minimum atomic E-state index is -0.0361. The molecule has 2 aromatic heterocycles. The van der Waals surface area contributed by atoms with Gasteiger partial charge in [0, 0.05) is 17.3 Å². The van der Waals surface area contributed by atoms with Crippen molar-refractivity contribution >= 4 is 5.82 Å². The highest BCUT2D eigenvalue weighted by atomic mass is 16.5. The van der Waals surface area contributed by atoms with Crippen molar-refractivity contribution in [1.29, 1.82) is 0 Å². The number of hydrogen-bond donors (Lipinski definition) is 1. The summed E-state index contributed by atoms with van der Waals surface area (Å²) in [7, 11) is 0. The van der Waals surface area contributed by atoms with Crippen molar-refractivity contribution in [1.82, 2.24) is 9.97 Å². The molecule has 4 heteroatoms. The van der Waals surface area contributed by atoms with E-state index in [9.17, 15) is 0 Å². The molecule has 1 N–H and O–H groups in total. The molecule has 0 saturated heterocycles. The Balaban J connectivity index is 2.22. The SMILES string of the molecule is CCc1nc(C)ccc1Oc1cccc(NC(C)(C)C)n1. The number of anilines is 1. The maximum Gasteiger partial charge on any atom is 0.221 e. The third-order valence-corrected chi connectivity index (χ3v) is 2.85. The number of aromatic nitrogens is 2. The third kappa shape index (κ3) is 4.45. The van der Waals surface area contributed by atoms with E-state index < -0.39 is 0 Å². The van der Waals surface area contributed by atoms with Crippen molar-refractivity contribution in [3.05, 3.63) is 41.7 Å². The summed E-state index contributed by atoms with van der Waals surface area (Å²) < 4.78 is 5.90. The van der Waals surface area contributed by atoms with Crippen molar-refractivity contribution in [3.8, 4) is 11.6 Å². The number of nitrogens with zero attached hydrogens (tertiary/aromatic N) is 2. The highest BCUT2D eigenvalue weighted by Crippen LogP contribution is 2.25. The fourth-order valence-electron chi connectivity index (χ4n) is 1.98. The van der Waals surface area contributed by atoms with Crippen LogP contribution < -0.4 is 10.1 Å². The Labute approximate surface area is 126 Å². The summed E-state index contributed by atoms with van der Waals surface area (Å²) in [5.41, 5.74) is 1.91. The number of rotatable bonds is 4. The van der Waals surface area contributed by atoms with Gasteiger partial charge in [0.15, 0.2) is 5.75 Å². The van der Waals surface area contributed by atoms with Crippen LogP contribution in [0, 0.1) is 6.92 Å². The zero-order valence-electron chi connectivity index (χ0n) is 13.4. The normalized spacial score (nSPS) is 11.3. The molecule has 112 valence electrons. The van der Waals surface area contributed by atoms with Crippen molar-refractivity contribution in [2.75, 3.05) is 5.32 Å². The van der Waals surface area contributed by atoms with Gasteiger partial charge in [-0.15, -0.1) is 0 Å². The van der Waals surface area contributed by atoms with Gasteiger partial charge in [-0.3, -0.25) is 4.98 Å². The van der Waals surface area contributed by atoms with Gasteiger partial charge in [0.1, 0.15) is 5.82 Å². The van der Waals surface area contributed by atoms with E-state index in [-0.39, 0.29) is 5.54 Å². The molecule has 2 heterocycles. The van der Waals surface area contributed by atoms with Gasteiger partial charge in [-0.2, -0.15) is 4.98 Å². The molecule has 0 atom stereocenters. The van der Waals surface area contributed by atoms with E-state index in [1.165, 1.54) is 0 Å². The number of pyridine rings is 2. The fraction of sp³-hybridized carbons (Fsp3) is 0.412. The molecule has 21 heavy (non-hydrogen) atoms. The van der Waals surface area contributed by atoms with Crippen LogP contribution in [-0.4, -0.2) is 15.5 Å². The van der Waals surface area contributed by atoms with Crippen LogP contribution in [0.5, 0.6) is 11.6 Å². The zero-order chi connectivity index (χ0) is 15.5. The Bertz CT molecular complexity index is 618. The molecule has 0 radical (unpaired) electrons. The van der Waals surface area contributed by atoms with Crippen molar-refractivity contribution < 1.29 is 4.74 Å². The van der Waals surface area contributed by atoms with Gasteiger partial charge >= 0.3 is 0 Å². The number of hydrogen-bond acceptors (Lipinski definition) is 4. The van der Waals surface area contributed by atoms with E-state index in [0.29, 0.717) is 5.88 Å². The lowest BCUT2D eigenvalue weighted by Gasteiger charge is -2.21. The second-order valence-electron chi connectivity index (χ2n) is 6.09. The molecule has 0 amide bonds. The summed E-state index contributed by atoms with van der Waals surface area (Å²) in [5.74, 6) is 2.14. The Hall–Kier alpha value is -2.10. The lowest BCUT2D eigenvalue weighted by molar-refractivity contribution is 0.454. The molecule has 0 aromatic carbocycles. The molecule has 0 fully saturated rings. The molecule has 0 spiro atoms. The van der Waals surface area contributed by atoms with E-state index >= 15 is 0 Å². The standard InChI is InChI=1S/C17H23N3O/c1-6-13-14(11-10-12(2)18-13)21-16-9-7-8-15(19-16)20-17(3,4)5/h7-11H,6H2,1-5H3,(H,19,20). The average Bonchev–Trinajstić information content (AvgIpc) is 2.39. The van der Waals surface area contributed by atoms with Gasteiger partial charge in [0.2, 0.25) is 5.88 Å². The first-order valence-corrected chi connectivity index (χ1v) is 7.27. The maximum atomic E-state index is 5.90. The van der Waals surface area contributed by atoms with Crippen molar-refractivity contribution in [3.63, 3.8) is 0 Å². The first-order valence-electron chi connectivity index (χ1n) is 7.27. The van der Waals surface area contributed by atoms with E-state index in [2.05, 4.69) is 43.0 Å². The maximum absolute atomic E-state index is 5.90. The molecule has 0 saturated carbocycles. The van der Waals surface area contributed by atoms with Crippen LogP contribution in [0.25, 0.3) is 0 Å². The number of nitrogens with one attached hydrogen (secondary N) is 1. The van der Waals surface area contributed by atoms with Crippen LogP contribution in [0.2, 0.25) is 0 Å². The van der Waals surface area contributed by atoms with Crippen LogP contribution >= 0.6 is 0 Å². The van der Waals surface area contributed by atoms with Crippen molar-refractivity contribution in [2.24, 2.45) is 0 Å². The minimum absolute atomic E-state index is 0.0361. The summed E-state index contributed by atoms with van der Waals surface area (Å²) in [6, 6.07) is 9.63. The van der Waals surface area contributed by atoms with Gasteiger partial charge in [-0.25, -0.2) is 0 Å². The topological polar surface area (TPSA) is 47.0 Å². The summed E-state index contributed by atoms with van der Waals surface area (Å²) in [6.45, 7) is 10.3. The summed E-state index contributed by atoms with van der Waals surface area (Å²) in [5, 5.41) is 3.34. The van der Waals surface area contributed by atoms with Gasteiger partial charge in [0.05, 0.1) is 5.69 Å². The second-order valence-corrected chi connectivity index (χ2v) is 6.09. The molecule has 0 aliphatic heterocycles. The Morgan fingerprint density at radius 3 is 2.52 bits per heavy atom. The Morgan fingerprint density at radius 2 is 1.86 bits per heavy atom. The van der Waals surface area contributed by atoms with Gasteiger partial charge in [0.25, 0.3) is 0 Å². The largest absolute Gasteiger partial charge is 0.437 e. The molecular weight excluding hydrogens is 262 g/mol. The molecule has 0 unspecified atom stereocenters. The lowest BCUT2D eigenvalue weighted by Crippen LogP contribution is -2.26. The molecule has 4 nitrogen and oxygen atoms in total. The van der Waals surface area contributed by atoms with Crippen LogP contribution in [0.1, 0.15) is 39.1 Å². The highest BCUT2D eigenvalue weighted by Gasteiger charge is 2.11. The van der Waals surface area contributed by atoms with Gasteiger partial charge in [-0.05, 0) is 52.3 Å². The van der Waals surface area contributed by atoms with Crippen LogP contribution in [0.15, 0.2) is 30.3 Å². The third-order valence-electron chi connectivity index (χ3n) is 2.85. The molecule has 2 rings (SSSR count). The molecule has 0 aliphatic rings. The van der Waals surface area contributed by atoms with Crippen LogP contribution in [-0.2, 0) is 6.42 Å².